The maximum atomic E-state index is 12.8. The van der Waals surface area contributed by atoms with Gasteiger partial charge in [0, 0.05) is 15.6 Å². The number of carboxylic acid groups (broad SMARTS) is 1. The summed E-state index contributed by atoms with van der Waals surface area (Å²) in [6.45, 7) is 1.82. The third-order valence-corrected chi connectivity index (χ3v) is 4.65. The number of benzene rings is 2. The molecule has 0 atom stereocenters. The number of rotatable bonds is 4. The molecule has 1 N–H and O–H groups in total. The van der Waals surface area contributed by atoms with Gasteiger partial charge in [-0.05, 0) is 42.3 Å². The molecular formula is C21H13Cl2N3O3. The highest BCUT2D eigenvalue weighted by Crippen LogP contribution is 2.24. The zero-order valence-corrected chi connectivity index (χ0v) is 16.6. The Kier molecular flexibility index (Phi) is 5.83. The Bertz CT molecular complexity index is 1260. The van der Waals surface area contributed by atoms with E-state index < -0.39 is 17.2 Å². The highest BCUT2D eigenvalue weighted by atomic mass is 35.5. The monoisotopic (exact) mass is 425 g/mol. The normalized spacial score (nSPS) is 10.8. The topological polar surface area (TPSA) is 96.0 Å². The summed E-state index contributed by atoms with van der Waals surface area (Å²) < 4.78 is 0.918. The smallest absolute Gasteiger partial charge is 0.357 e. The van der Waals surface area contributed by atoms with Gasteiger partial charge in [0.1, 0.15) is 11.6 Å². The van der Waals surface area contributed by atoms with Gasteiger partial charge in [-0.25, -0.2) is 4.79 Å². The number of aromatic nitrogens is 2. The number of hydrogen-bond donors (Lipinski definition) is 1. The van der Waals surface area contributed by atoms with Gasteiger partial charge in [0.25, 0.3) is 5.56 Å². The molecule has 1 heterocycles. The summed E-state index contributed by atoms with van der Waals surface area (Å²) in [6, 6.07) is 13.4. The Labute approximate surface area is 175 Å². The van der Waals surface area contributed by atoms with Crippen LogP contribution >= 0.6 is 23.2 Å². The number of carbonyl (C=O) groups is 1. The van der Waals surface area contributed by atoms with E-state index in [0.717, 1.165) is 10.2 Å². The molecular weight excluding hydrogens is 413 g/mol. The first-order valence-corrected chi connectivity index (χ1v) is 9.08. The van der Waals surface area contributed by atoms with Gasteiger partial charge in [0.2, 0.25) is 0 Å². The molecule has 0 aliphatic heterocycles. The Morgan fingerprint density at radius 1 is 1.21 bits per heavy atom. The molecule has 0 fully saturated rings. The average molecular weight is 426 g/mol. The van der Waals surface area contributed by atoms with Gasteiger partial charge in [-0.1, -0.05) is 53.6 Å². The molecule has 144 valence electrons. The van der Waals surface area contributed by atoms with Crippen LogP contribution in [0, 0.1) is 18.3 Å². The highest BCUT2D eigenvalue weighted by Gasteiger charge is 2.21. The van der Waals surface area contributed by atoms with E-state index in [9.17, 15) is 20.0 Å². The second kappa shape index (κ2) is 8.31. The van der Waals surface area contributed by atoms with Crippen LogP contribution < -0.4 is 5.56 Å². The van der Waals surface area contributed by atoms with Gasteiger partial charge < -0.3 is 5.11 Å². The van der Waals surface area contributed by atoms with Crippen LogP contribution in [-0.2, 0) is 0 Å². The van der Waals surface area contributed by atoms with E-state index in [-0.39, 0.29) is 11.1 Å². The molecule has 0 radical (unpaired) electrons. The molecule has 3 aromatic rings. The lowest BCUT2D eigenvalue weighted by Crippen LogP contribution is -2.28. The lowest BCUT2D eigenvalue weighted by atomic mass is 10.1. The lowest BCUT2D eigenvalue weighted by molar-refractivity contribution is 0.0688. The molecule has 0 saturated heterocycles. The molecule has 0 unspecified atom stereocenters. The molecule has 3 rings (SSSR count). The van der Waals surface area contributed by atoms with Crippen LogP contribution in [0.3, 0.4) is 0 Å². The van der Waals surface area contributed by atoms with Gasteiger partial charge >= 0.3 is 5.97 Å². The fourth-order valence-corrected chi connectivity index (χ4v) is 3.18. The van der Waals surface area contributed by atoms with Crippen molar-refractivity contribution in [3.8, 4) is 11.8 Å². The van der Waals surface area contributed by atoms with E-state index in [4.69, 9.17) is 23.2 Å². The van der Waals surface area contributed by atoms with Crippen molar-refractivity contribution < 1.29 is 9.90 Å². The Morgan fingerprint density at radius 3 is 2.59 bits per heavy atom. The number of aryl methyl sites for hydroxylation is 1. The number of carboxylic acids is 1. The summed E-state index contributed by atoms with van der Waals surface area (Å²) in [4.78, 5) is 24.6. The number of nitriles is 1. The van der Waals surface area contributed by atoms with Crippen molar-refractivity contribution in [2.45, 2.75) is 6.92 Å². The first kappa shape index (κ1) is 20.3. The van der Waals surface area contributed by atoms with Gasteiger partial charge in [-0.2, -0.15) is 15.0 Å². The van der Waals surface area contributed by atoms with Crippen LogP contribution in [0.25, 0.3) is 17.8 Å². The summed E-state index contributed by atoms with van der Waals surface area (Å²) in [6.07, 6.45) is 2.84. The minimum atomic E-state index is -1.37. The average Bonchev–Trinajstić information content (AvgIpc) is 2.67. The predicted octanol–water partition coefficient (Wildman–Crippen LogP) is 4.59. The van der Waals surface area contributed by atoms with Gasteiger partial charge in [-0.15, -0.1) is 0 Å². The zero-order valence-electron chi connectivity index (χ0n) is 15.1. The van der Waals surface area contributed by atoms with E-state index in [1.165, 1.54) is 18.2 Å². The maximum Gasteiger partial charge on any atom is 0.357 e. The number of nitrogens with zero attached hydrogens (tertiary/aromatic N) is 3. The molecule has 0 spiro atoms. The van der Waals surface area contributed by atoms with Crippen LogP contribution in [0.2, 0.25) is 10.0 Å². The molecule has 8 heteroatoms. The zero-order chi connectivity index (χ0) is 21.1. The van der Waals surface area contributed by atoms with Gasteiger partial charge in [-0.3, -0.25) is 4.79 Å². The van der Waals surface area contributed by atoms with Crippen molar-refractivity contribution in [1.82, 2.24) is 9.78 Å². The number of hydrogen-bond acceptors (Lipinski definition) is 4. The molecule has 6 nitrogen and oxygen atoms in total. The minimum absolute atomic E-state index is 0.0973. The fraction of sp³-hybridized carbons (Fsp3) is 0.0476. The molecule has 0 saturated carbocycles. The summed E-state index contributed by atoms with van der Waals surface area (Å²) >= 11 is 12.0. The molecule has 0 aliphatic carbocycles. The van der Waals surface area contributed by atoms with Crippen molar-refractivity contribution >= 4 is 41.3 Å². The van der Waals surface area contributed by atoms with Crippen LogP contribution in [0.5, 0.6) is 0 Å². The lowest BCUT2D eigenvalue weighted by Gasteiger charge is -2.10. The molecule has 0 bridgehead atoms. The Balaban J connectivity index is 2.23. The van der Waals surface area contributed by atoms with Crippen LogP contribution in [0.15, 0.2) is 47.3 Å². The highest BCUT2D eigenvalue weighted by molar-refractivity contribution is 6.35. The molecule has 1 aromatic heterocycles. The summed E-state index contributed by atoms with van der Waals surface area (Å²) in [5.74, 6) is -1.37. The molecule has 29 heavy (non-hydrogen) atoms. The second-order valence-electron chi connectivity index (χ2n) is 6.11. The van der Waals surface area contributed by atoms with Crippen molar-refractivity contribution in [1.29, 1.82) is 5.26 Å². The van der Waals surface area contributed by atoms with E-state index in [1.807, 2.05) is 13.0 Å². The van der Waals surface area contributed by atoms with E-state index in [1.54, 1.807) is 36.4 Å². The SMILES string of the molecule is Cc1cccc(-n2nc(C(=O)O)c(/C=C\c3ccc(Cl)cc3Cl)c(C#N)c2=O)c1. The van der Waals surface area contributed by atoms with Crippen molar-refractivity contribution in [3.63, 3.8) is 0 Å². The standard InChI is InChI=1S/C21H13Cl2N3O3/c1-12-3-2-4-15(9-12)26-20(27)17(11-24)16(19(25-26)21(28)29)8-6-13-5-7-14(22)10-18(13)23/h2-10H,1H3,(H,28,29)/b8-6-. The third kappa shape index (κ3) is 4.21. The first-order chi connectivity index (χ1) is 13.8. The van der Waals surface area contributed by atoms with Gasteiger partial charge in [0.15, 0.2) is 5.69 Å². The van der Waals surface area contributed by atoms with Crippen LogP contribution in [0.1, 0.15) is 32.7 Å². The molecule has 0 aliphatic rings. The van der Waals surface area contributed by atoms with E-state index in [2.05, 4.69) is 5.10 Å². The second-order valence-corrected chi connectivity index (χ2v) is 6.95. The van der Waals surface area contributed by atoms with E-state index >= 15 is 0 Å². The largest absolute Gasteiger partial charge is 0.476 e. The predicted molar refractivity (Wildman–Crippen MR) is 112 cm³/mol. The van der Waals surface area contributed by atoms with Crippen molar-refractivity contribution in [2.75, 3.05) is 0 Å². The van der Waals surface area contributed by atoms with Crippen molar-refractivity contribution in [2.24, 2.45) is 0 Å². The van der Waals surface area contributed by atoms with Crippen molar-refractivity contribution in [3.05, 3.63) is 90.8 Å². The Hall–Kier alpha value is -3.40. The molecule has 2 aromatic carbocycles. The summed E-state index contributed by atoms with van der Waals surface area (Å²) in [7, 11) is 0. The quantitative estimate of drug-likeness (QED) is 0.659. The third-order valence-electron chi connectivity index (χ3n) is 4.08. The molecule has 0 amide bonds. The summed E-state index contributed by atoms with van der Waals surface area (Å²) in [5, 5.41) is 24.0. The van der Waals surface area contributed by atoms with E-state index in [0.29, 0.717) is 21.3 Å². The number of aromatic carboxylic acids is 1. The maximum absolute atomic E-state index is 12.8. The van der Waals surface area contributed by atoms with Crippen LogP contribution in [0.4, 0.5) is 0 Å². The summed E-state index contributed by atoms with van der Waals surface area (Å²) in [5.41, 5.74) is 0.187. The fourth-order valence-electron chi connectivity index (χ4n) is 2.71. The van der Waals surface area contributed by atoms with Crippen LogP contribution in [-0.4, -0.2) is 20.9 Å². The Morgan fingerprint density at radius 2 is 1.97 bits per heavy atom. The number of halogens is 2. The van der Waals surface area contributed by atoms with Gasteiger partial charge in [0.05, 0.1) is 5.69 Å². The first-order valence-electron chi connectivity index (χ1n) is 8.32. The minimum Gasteiger partial charge on any atom is -0.476 e.